The zero-order chi connectivity index (χ0) is 14.3. The van der Waals surface area contributed by atoms with Crippen LogP contribution in [0.15, 0.2) is 28.5 Å². The first-order valence-electron chi connectivity index (χ1n) is 6.36. The van der Waals surface area contributed by atoms with Gasteiger partial charge in [0.15, 0.2) is 0 Å². The highest BCUT2D eigenvalue weighted by Crippen LogP contribution is 2.33. The van der Waals surface area contributed by atoms with Gasteiger partial charge in [0.05, 0.1) is 0 Å². The molecule has 0 amide bonds. The Morgan fingerprint density at radius 1 is 1.38 bits per heavy atom. The van der Waals surface area contributed by atoms with Crippen LogP contribution in [0.25, 0.3) is 10.1 Å². The summed E-state index contributed by atoms with van der Waals surface area (Å²) in [7, 11) is -1.77. The van der Waals surface area contributed by atoms with E-state index in [4.69, 9.17) is 11.6 Å². The van der Waals surface area contributed by atoms with Crippen molar-refractivity contribution in [1.82, 2.24) is 9.62 Å². The average molecular weight is 367 g/mol. The van der Waals surface area contributed by atoms with Crippen molar-refractivity contribution >= 4 is 55.5 Å². The second kappa shape index (κ2) is 6.40. The number of rotatable bonds is 3. The van der Waals surface area contributed by atoms with Gasteiger partial charge in [0.25, 0.3) is 10.0 Å². The van der Waals surface area contributed by atoms with E-state index in [1.54, 1.807) is 25.2 Å². The van der Waals surface area contributed by atoms with E-state index in [0.29, 0.717) is 15.8 Å². The van der Waals surface area contributed by atoms with Crippen LogP contribution in [-0.4, -0.2) is 38.9 Å². The number of fused-ring (bicyclic) bond motifs is 1. The summed E-state index contributed by atoms with van der Waals surface area (Å²) >= 11 is 7.24. The lowest BCUT2D eigenvalue weighted by atomic mass is 10.3. The molecule has 116 valence electrons. The minimum absolute atomic E-state index is 0. The van der Waals surface area contributed by atoms with Gasteiger partial charge in [0.2, 0.25) is 0 Å². The molecule has 0 aliphatic carbocycles. The summed E-state index contributed by atoms with van der Waals surface area (Å²) in [6.07, 6.45) is 0.854. The van der Waals surface area contributed by atoms with Crippen LogP contribution >= 0.6 is 35.3 Å². The van der Waals surface area contributed by atoms with Gasteiger partial charge in [-0.25, -0.2) is 8.42 Å². The Balaban J connectivity index is 0.00000161. The van der Waals surface area contributed by atoms with Crippen LogP contribution in [0, 0.1) is 0 Å². The molecule has 1 aromatic heterocycles. The molecule has 8 heteroatoms. The maximum Gasteiger partial charge on any atom is 0.252 e. The molecule has 1 atom stereocenters. The van der Waals surface area contributed by atoms with Gasteiger partial charge < -0.3 is 5.32 Å². The molecule has 4 nitrogen and oxygen atoms in total. The molecule has 0 bridgehead atoms. The molecule has 21 heavy (non-hydrogen) atoms. The minimum atomic E-state index is -3.43. The molecule has 2 aromatic rings. The number of likely N-dealkylation sites (N-methyl/N-ethyl adjacent to an activating group) is 1. The number of sulfonamides is 1. The quantitative estimate of drug-likeness (QED) is 0.908. The number of benzene rings is 1. The van der Waals surface area contributed by atoms with Crippen molar-refractivity contribution in [1.29, 1.82) is 0 Å². The lowest BCUT2D eigenvalue weighted by Gasteiger charge is -2.22. The van der Waals surface area contributed by atoms with Gasteiger partial charge in [-0.05, 0) is 42.6 Å². The van der Waals surface area contributed by atoms with Crippen molar-refractivity contribution in [3.05, 3.63) is 29.3 Å². The zero-order valence-electron chi connectivity index (χ0n) is 11.4. The normalized spacial score (nSPS) is 19.1. The maximum atomic E-state index is 12.6. The third-order valence-corrected chi connectivity index (χ3v) is 7.35. The topological polar surface area (TPSA) is 49.4 Å². The average Bonchev–Trinajstić information content (AvgIpc) is 3.06. The maximum absolute atomic E-state index is 12.6. The monoisotopic (exact) mass is 366 g/mol. The van der Waals surface area contributed by atoms with Crippen LogP contribution < -0.4 is 5.32 Å². The molecule has 0 spiro atoms. The minimum Gasteiger partial charge on any atom is -0.315 e. The van der Waals surface area contributed by atoms with E-state index >= 15 is 0 Å². The van der Waals surface area contributed by atoms with Crippen molar-refractivity contribution < 1.29 is 8.42 Å². The zero-order valence-corrected chi connectivity index (χ0v) is 14.6. The molecule has 1 fully saturated rings. The third kappa shape index (κ3) is 3.21. The fourth-order valence-electron chi connectivity index (χ4n) is 2.40. The molecule has 1 saturated heterocycles. The summed E-state index contributed by atoms with van der Waals surface area (Å²) < 4.78 is 28.1. The highest BCUT2D eigenvalue weighted by molar-refractivity contribution is 7.91. The number of hydrogen-bond acceptors (Lipinski definition) is 4. The molecule has 1 unspecified atom stereocenters. The van der Waals surface area contributed by atoms with Gasteiger partial charge in [-0.2, -0.15) is 4.31 Å². The molecule has 1 aliphatic heterocycles. The first-order chi connectivity index (χ1) is 9.48. The largest absolute Gasteiger partial charge is 0.315 e. The summed E-state index contributed by atoms with van der Waals surface area (Å²) in [4.78, 5) is 0. The second-order valence-electron chi connectivity index (χ2n) is 4.92. The standard InChI is InChI=1S/C13H15ClN2O2S2.ClH/c1-16(11-4-5-15-8-11)20(17,18)13-7-9-6-10(14)2-3-12(9)19-13;/h2-3,6-7,11,15H,4-5,8H2,1H3;1H. The van der Waals surface area contributed by atoms with E-state index in [-0.39, 0.29) is 18.4 Å². The van der Waals surface area contributed by atoms with E-state index in [9.17, 15) is 8.42 Å². The van der Waals surface area contributed by atoms with E-state index in [1.165, 1.54) is 15.6 Å². The highest BCUT2D eigenvalue weighted by Gasteiger charge is 2.31. The van der Waals surface area contributed by atoms with E-state index in [1.807, 2.05) is 6.07 Å². The van der Waals surface area contributed by atoms with Crippen LogP contribution in [-0.2, 0) is 10.0 Å². The molecule has 3 rings (SSSR count). The van der Waals surface area contributed by atoms with Crippen LogP contribution in [0.5, 0.6) is 0 Å². The van der Waals surface area contributed by atoms with E-state index in [0.717, 1.165) is 23.1 Å². The Morgan fingerprint density at radius 3 is 2.81 bits per heavy atom. The predicted octanol–water partition coefficient (Wildman–Crippen LogP) is 2.96. The number of thiophene rings is 1. The summed E-state index contributed by atoms with van der Waals surface area (Å²) in [5.74, 6) is 0. The van der Waals surface area contributed by atoms with Crippen molar-refractivity contribution in [2.45, 2.75) is 16.7 Å². The molecular formula is C13H16Cl2N2O2S2. The van der Waals surface area contributed by atoms with Gasteiger partial charge in [0.1, 0.15) is 4.21 Å². The first kappa shape index (κ1) is 17.0. The van der Waals surface area contributed by atoms with Crippen LogP contribution in [0.2, 0.25) is 5.02 Å². The molecule has 1 N–H and O–H groups in total. The molecule has 1 aliphatic rings. The number of halogens is 2. The predicted molar refractivity (Wildman–Crippen MR) is 90.3 cm³/mol. The van der Waals surface area contributed by atoms with Crippen LogP contribution in [0.4, 0.5) is 0 Å². The summed E-state index contributed by atoms with van der Waals surface area (Å²) in [5.41, 5.74) is 0. The van der Waals surface area contributed by atoms with Crippen LogP contribution in [0.3, 0.4) is 0 Å². The Kier molecular flexibility index (Phi) is 5.18. The van der Waals surface area contributed by atoms with Gasteiger partial charge in [-0.1, -0.05) is 11.6 Å². The Bertz CT molecular complexity index is 740. The van der Waals surface area contributed by atoms with Crippen molar-refractivity contribution in [2.75, 3.05) is 20.1 Å². The van der Waals surface area contributed by atoms with E-state index < -0.39 is 10.0 Å². The van der Waals surface area contributed by atoms with Crippen molar-refractivity contribution in [2.24, 2.45) is 0 Å². The Morgan fingerprint density at radius 2 is 2.14 bits per heavy atom. The summed E-state index contributed by atoms with van der Waals surface area (Å²) in [6.45, 7) is 1.58. The Labute approximate surface area is 139 Å². The van der Waals surface area contributed by atoms with E-state index in [2.05, 4.69) is 5.32 Å². The Hall–Kier alpha value is -0.370. The smallest absolute Gasteiger partial charge is 0.252 e. The van der Waals surface area contributed by atoms with Crippen LogP contribution in [0.1, 0.15) is 6.42 Å². The molecule has 0 radical (unpaired) electrons. The first-order valence-corrected chi connectivity index (χ1v) is 9.00. The number of nitrogens with one attached hydrogen (secondary N) is 1. The molecule has 2 heterocycles. The summed E-state index contributed by atoms with van der Waals surface area (Å²) in [6, 6.07) is 7.18. The lowest BCUT2D eigenvalue weighted by Crippen LogP contribution is -2.37. The third-order valence-electron chi connectivity index (χ3n) is 3.64. The van der Waals surface area contributed by atoms with Crippen molar-refractivity contribution in [3.63, 3.8) is 0 Å². The second-order valence-corrected chi connectivity index (χ2v) is 8.66. The van der Waals surface area contributed by atoms with Gasteiger partial charge in [-0.3, -0.25) is 0 Å². The fraction of sp³-hybridized carbons (Fsp3) is 0.385. The van der Waals surface area contributed by atoms with Gasteiger partial charge >= 0.3 is 0 Å². The molecule has 0 saturated carbocycles. The van der Waals surface area contributed by atoms with Crippen molar-refractivity contribution in [3.8, 4) is 0 Å². The fourth-order valence-corrected chi connectivity index (χ4v) is 5.54. The highest BCUT2D eigenvalue weighted by atomic mass is 35.5. The lowest BCUT2D eigenvalue weighted by molar-refractivity contribution is 0.389. The van der Waals surface area contributed by atoms with Gasteiger partial charge in [-0.15, -0.1) is 23.7 Å². The number of hydrogen-bond donors (Lipinski definition) is 1. The molecule has 1 aromatic carbocycles. The number of nitrogens with zero attached hydrogens (tertiary/aromatic N) is 1. The SMILES string of the molecule is CN(C1CCNC1)S(=O)(=O)c1cc2cc(Cl)ccc2s1.Cl. The molecular weight excluding hydrogens is 351 g/mol. The summed E-state index contributed by atoms with van der Waals surface area (Å²) in [5, 5.41) is 4.68. The van der Waals surface area contributed by atoms with Gasteiger partial charge in [0, 0.05) is 29.4 Å².